The molecule has 0 aliphatic heterocycles. The van der Waals surface area contributed by atoms with Crippen molar-refractivity contribution in [2.75, 3.05) is 5.48 Å². The molecule has 100 valence electrons. The zero-order chi connectivity index (χ0) is 13.5. The van der Waals surface area contributed by atoms with Gasteiger partial charge in [0, 0.05) is 11.6 Å². The van der Waals surface area contributed by atoms with Gasteiger partial charge in [-0.3, -0.25) is 0 Å². The summed E-state index contributed by atoms with van der Waals surface area (Å²) in [5.41, 5.74) is 2.71. The fourth-order valence-corrected chi connectivity index (χ4v) is 1.74. The molecule has 0 aliphatic carbocycles. The molecule has 1 aromatic heterocycles. The Kier molecular flexibility index (Phi) is 4.67. The molecular formula is C11H10N2O5S. The van der Waals surface area contributed by atoms with Crippen LogP contribution in [0.4, 0.5) is 10.5 Å². The Balaban J connectivity index is 1.81. The molecule has 0 saturated carbocycles. The van der Waals surface area contributed by atoms with Crippen LogP contribution in [0.3, 0.4) is 0 Å². The van der Waals surface area contributed by atoms with Crippen LogP contribution in [0.5, 0.6) is 5.75 Å². The van der Waals surface area contributed by atoms with E-state index in [-0.39, 0.29) is 6.61 Å². The number of aromatic nitrogens is 1. The fourth-order valence-electron chi connectivity index (χ4n) is 1.21. The maximum absolute atomic E-state index is 11.4. The van der Waals surface area contributed by atoms with Gasteiger partial charge >= 0.3 is 6.16 Å². The van der Waals surface area contributed by atoms with Gasteiger partial charge in [-0.25, -0.2) is 20.5 Å². The minimum atomic E-state index is -0.811. The third-order valence-electron chi connectivity index (χ3n) is 2.02. The first kappa shape index (κ1) is 13.3. The molecule has 19 heavy (non-hydrogen) atoms. The Bertz CT molecular complexity index is 514. The summed E-state index contributed by atoms with van der Waals surface area (Å²) >= 11 is 1.39. The zero-order valence-corrected chi connectivity index (χ0v) is 10.4. The van der Waals surface area contributed by atoms with E-state index in [9.17, 15) is 4.79 Å². The summed E-state index contributed by atoms with van der Waals surface area (Å²) in [6.07, 6.45) is 0.818. The first-order valence-electron chi connectivity index (χ1n) is 5.17. The van der Waals surface area contributed by atoms with Gasteiger partial charge in [0.25, 0.3) is 0 Å². The molecule has 2 aromatic rings. The number of carbonyl (C=O) groups excluding carboxylic acids is 1. The van der Waals surface area contributed by atoms with Gasteiger partial charge in [0.1, 0.15) is 17.4 Å². The average Bonchev–Trinajstić information content (AvgIpc) is 2.92. The minimum absolute atomic E-state index is 0.0779. The van der Waals surface area contributed by atoms with E-state index in [1.165, 1.54) is 23.5 Å². The number of anilines is 1. The van der Waals surface area contributed by atoms with E-state index in [0.717, 1.165) is 0 Å². The molecule has 0 radical (unpaired) electrons. The van der Waals surface area contributed by atoms with Gasteiger partial charge in [0.2, 0.25) is 0 Å². The van der Waals surface area contributed by atoms with Crippen LogP contribution in [0.25, 0.3) is 0 Å². The Morgan fingerprint density at radius 2 is 2.16 bits per heavy atom. The molecule has 0 amide bonds. The maximum Gasteiger partial charge on any atom is 0.514 e. The topological polar surface area (TPSA) is 89.9 Å². The second-order valence-corrected chi connectivity index (χ2v) is 4.26. The number of benzene rings is 1. The summed E-state index contributed by atoms with van der Waals surface area (Å²) in [6.45, 7) is 0.0779. The Hall–Kier alpha value is -2.16. The molecule has 1 aromatic carbocycles. The van der Waals surface area contributed by atoms with Crippen LogP contribution in [-0.4, -0.2) is 16.4 Å². The molecule has 0 unspecified atom stereocenters. The molecule has 8 heteroatoms. The molecule has 0 saturated heterocycles. The van der Waals surface area contributed by atoms with Crippen molar-refractivity contribution in [1.29, 1.82) is 0 Å². The Labute approximate surface area is 112 Å². The van der Waals surface area contributed by atoms with Gasteiger partial charge in [0.15, 0.2) is 0 Å². The lowest BCUT2D eigenvalue weighted by Gasteiger charge is -2.05. The van der Waals surface area contributed by atoms with Gasteiger partial charge in [0.05, 0.1) is 5.69 Å². The number of thiazole rings is 1. The Morgan fingerprint density at radius 1 is 1.37 bits per heavy atom. The van der Waals surface area contributed by atoms with Crippen LogP contribution in [0.2, 0.25) is 0 Å². The number of nitrogens with one attached hydrogen (secondary N) is 1. The van der Waals surface area contributed by atoms with Crippen molar-refractivity contribution in [3.63, 3.8) is 0 Å². The molecular weight excluding hydrogens is 272 g/mol. The molecule has 7 nitrogen and oxygen atoms in total. The average molecular weight is 282 g/mol. The van der Waals surface area contributed by atoms with Crippen LogP contribution in [0.1, 0.15) is 5.01 Å². The first-order valence-corrected chi connectivity index (χ1v) is 6.05. The van der Waals surface area contributed by atoms with Gasteiger partial charge < -0.3 is 9.47 Å². The van der Waals surface area contributed by atoms with Crippen LogP contribution >= 0.6 is 11.3 Å². The fraction of sp³-hybridized carbons (Fsp3) is 0.0909. The van der Waals surface area contributed by atoms with Crippen molar-refractivity contribution in [1.82, 2.24) is 4.98 Å². The lowest BCUT2D eigenvalue weighted by molar-refractivity contribution is -0.215. The molecule has 0 spiro atoms. The molecule has 2 N–H and O–H groups in total. The predicted octanol–water partition coefficient (Wildman–Crippen LogP) is 2.68. The van der Waals surface area contributed by atoms with Crippen LogP contribution < -0.4 is 10.2 Å². The van der Waals surface area contributed by atoms with Crippen LogP contribution in [0, 0.1) is 0 Å². The highest BCUT2D eigenvalue weighted by molar-refractivity contribution is 7.09. The first-order chi connectivity index (χ1) is 9.28. The lowest BCUT2D eigenvalue weighted by Crippen LogP contribution is -2.10. The molecule has 0 bridgehead atoms. The summed E-state index contributed by atoms with van der Waals surface area (Å²) in [6, 6.07) is 6.15. The van der Waals surface area contributed by atoms with E-state index in [1.807, 2.05) is 0 Å². The van der Waals surface area contributed by atoms with E-state index >= 15 is 0 Å². The quantitative estimate of drug-likeness (QED) is 0.377. The van der Waals surface area contributed by atoms with Crippen LogP contribution in [0.15, 0.2) is 35.8 Å². The van der Waals surface area contributed by atoms with Crippen LogP contribution in [-0.2, 0) is 16.3 Å². The second-order valence-electron chi connectivity index (χ2n) is 3.28. The second kappa shape index (κ2) is 6.69. The molecule has 2 rings (SSSR count). The Morgan fingerprint density at radius 3 is 2.79 bits per heavy atom. The van der Waals surface area contributed by atoms with E-state index in [2.05, 4.69) is 15.5 Å². The van der Waals surface area contributed by atoms with Crippen molar-refractivity contribution in [3.8, 4) is 5.75 Å². The number of hydrogen-bond donors (Lipinski definition) is 2. The van der Waals surface area contributed by atoms with E-state index < -0.39 is 6.16 Å². The summed E-state index contributed by atoms with van der Waals surface area (Å²) in [5.74, 6) is 0.313. The molecule has 0 fully saturated rings. The minimum Gasteiger partial charge on any atom is -0.427 e. The monoisotopic (exact) mass is 282 g/mol. The zero-order valence-electron chi connectivity index (χ0n) is 9.61. The maximum atomic E-state index is 11.4. The predicted molar refractivity (Wildman–Crippen MR) is 66.7 cm³/mol. The molecule has 0 aliphatic rings. The molecule has 1 heterocycles. The summed E-state index contributed by atoms with van der Waals surface area (Å²) in [4.78, 5) is 19.1. The number of rotatable bonds is 5. The smallest absolute Gasteiger partial charge is 0.427 e. The van der Waals surface area contributed by atoms with E-state index in [1.54, 1.807) is 23.7 Å². The number of carbonyl (C=O) groups is 1. The van der Waals surface area contributed by atoms with E-state index in [4.69, 9.17) is 14.7 Å². The summed E-state index contributed by atoms with van der Waals surface area (Å²) in [5, 5.41) is 10.7. The van der Waals surface area contributed by atoms with Crippen molar-refractivity contribution in [2.24, 2.45) is 0 Å². The largest absolute Gasteiger partial charge is 0.514 e. The van der Waals surface area contributed by atoms with Crippen molar-refractivity contribution < 1.29 is 24.5 Å². The SMILES string of the molecule is O=C(OCc1nccs1)Oc1ccc(NOO)cc1. The summed E-state index contributed by atoms with van der Waals surface area (Å²) in [7, 11) is 0. The standard InChI is InChI=1S/C11H10N2O5S/c14-11(16-7-10-12-5-6-19-10)17-9-3-1-8(2-4-9)13-18-15/h1-6,13,15H,7H2. The lowest BCUT2D eigenvalue weighted by atomic mass is 10.3. The van der Waals surface area contributed by atoms with E-state index in [0.29, 0.717) is 16.4 Å². The van der Waals surface area contributed by atoms with Crippen molar-refractivity contribution >= 4 is 23.2 Å². The highest BCUT2D eigenvalue weighted by Gasteiger charge is 2.07. The van der Waals surface area contributed by atoms with Crippen molar-refractivity contribution in [2.45, 2.75) is 6.61 Å². The van der Waals surface area contributed by atoms with Gasteiger partial charge in [-0.05, 0) is 24.3 Å². The third kappa shape index (κ3) is 4.21. The van der Waals surface area contributed by atoms with Crippen molar-refractivity contribution in [3.05, 3.63) is 40.8 Å². The van der Waals surface area contributed by atoms with Gasteiger partial charge in [-0.1, -0.05) is 0 Å². The third-order valence-corrected chi connectivity index (χ3v) is 2.77. The number of ether oxygens (including phenoxy) is 2. The highest BCUT2D eigenvalue weighted by Crippen LogP contribution is 2.16. The number of nitrogens with zero attached hydrogens (tertiary/aromatic N) is 1. The molecule has 0 atom stereocenters. The normalized spacial score (nSPS) is 9.95. The highest BCUT2D eigenvalue weighted by atomic mass is 32.1. The summed E-state index contributed by atoms with van der Waals surface area (Å²) < 4.78 is 9.80. The van der Waals surface area contributed by atoms with Gasteiger partial charge in [-0.15, -0.1) is 16.3 Å². The number of hydrogen-bond acceptors (Lipinski definition) is 8. The van der Waals surface area contributed by atoms with Gasteiger partial charge in [-0.2, -0.15) is 0 Å².